The summed E-state index contributed by atoms with van der Waals surface area (Å²) in [7, 11) is 0. The Hall–Kier alpha value is -2.24. The standard InChI is InChI=1S/C22H27N3O2/c26-21(20-5-3-4-19(16-20)18-6-10-23-11-7-18)24-22(8-1-2-9-22)17-25-12-14-27-15-13-25/h3-7,10-11,16H,1-2,8-9,12-15,17H2,(H,24,26). The van der Waals surface area contributed by atoms with Crippen molar-refractivity contribution in [1.29, 1.82) is 0 Å². The number of hydrogen-bond acceptors (Lipinski definition) is 4. The zero-order valence-corrected chi connectivity index (χ0v) is 15.7. The van der Waals surface area contributed by atoms with Gasteiger partial charge < -0.3 is 10.1 Å². The molecule has 0 radical (unpaired) electrons. The van der Waals surface area contributed by atoms with Crippen LogP contribution in [-0.4, -0.2) is 54.2 Å². The average Bonchev–Trinajstić information content (AvgIpc) is 3.17. The number of rotatable bonds is 5. The number of benzene rings is 1. The Morgan fingerprint density at radius 3 is 2.56 bits per heavy atom. The van der Waals surface area contributed by atoms with E-state index in [2.05, 4.69) is 15.2 Å². The normalized spacial score (nSPS) is 19.7. The van der Waals surface area contributed by atoms with E-state index in [1.165, 1.54) is 12.8 Å². The minimum absolute atomic E-state index is 0.0288. The van der Waals surface area contributed by atoms with Crippen molar-refractivity contribution in [2.24, 2.45) is 0 Å². The van der Waals surface area contributed by atoms with Crippen LogP contribution in [-0.2, 0) is 4.74 Å². The van der Waals surface area contributed by atoms with Crippen molar-refractivity contribution in [3.8, 4) is 11.1 Å². The summed E-state index contributed by atoms with van der Waals surface area (Å²) in [5, 5.41) is 3.40. The second kappa shape index (κ2) is 8.19. The summed E-state index contributed by atoms with van der Waals surface area (Å²) in [5.74, 6) is 0.0288. The van der Waals surface area contributed by atoms with Crippen LogP contribution < -0.4 is 5.32 Å². The van der Waals surface area contributed by atoms with Crippen LogP contribution in [0.15, 0.2) is 48.8 Å². The largest absolute Gasteiger partial charge is 0.379 e. The van der Waals surface area contributed by atoms with E-state index in [0.717, 1.165) is 62.4 Å². The number of aromatic nitrogens is 1. The monoisotopic (exact) mass is 365 g/mol. The third kappa shape index (κ3) is 4.37. The molecule has 4 rings (SSSR count). The lowest BCUT2D eigenvalue weighted by Gasteiger charge is -2.37. The van der Waals surface area contributed by atoms with Gasteiger partial charge in [0.15, 0.2) is 0 Å². The SMILES string of the molecule is O=C(NC1(CN2CCOCC2)CCCC1)c1cccc(-c2ccncc2)c1. The first-order chi connectivity index (χ1) is 13.2. The molecule has 5 heteroatoms. The Labute approximate surface area is 160 Å². The molecular formula is C22H27N3O2. The van der Waals surface area contributed by atoms with Gasteiger partial charge >= 0.3 is 0 Å². The summed E-state index contributed by atoms with van der Waals surface area (Å²) >= 11 is 0. The molecule has 5 nitrogen and oxygen atoms in total. The number of carbonyl (C=O) groups is 1. The molecule has 1 aliphatic heterocycles. The first kappa shape index (κ1) is 18.1. The maximum absolute atomic E-state index is 13.1. The van der Waals surface area contributed by atoms with Gasteiger partial charge in [0, 0.05) is 37.6 Å². The number of nitrogens with zero attached hydrogens (tertiary/aromatic N) is 2. The van der Waals surface area contributed by atoms with Gasteiger partial charge in [-0.2, -0.15) is 0 Å². The fourth-order valence-electron chi connectivity index (χ4n) is 4.26. The highest BCUT2D eigenvalue weighted by Crippen LogP contribution is 2.31. The van der Waals surface area contributed by atoms with E-state index in [4.69, 9.17) is 4.74 Å². The Bertz CT molecular complexity index is 766. The molecule has 0 unspecified atom stereocenters. The topological polar surface area (TPSA) is 54.5 Å². The van der Waals surface area contributed by atoms with Crippen LogP contribution in [0.2, 0.25) is 0 Å². The van der Waals surface area contributed by atoms with Gasteiger partial charge in [-0.05, 0) is 48.2 Å². The van der Waals surface area contributed by atoms with Gasteiger partial charge in [-0.25, -0.2) is 0 Å². The molecule has 1 amide bonds. The molecule has 0 atom stereocenters. The van der Waals surface area contributed by atoms with Gasteiger partial charge in [-0.15, -0.1) is 0 Å². The Balaban J connectivity index is 1.50. The lowest BCUT2D eigenvalue weighted by Crippen LogP contribution is -2.55. The van der Waals surface area contributed by atoms with Crippen molar-refractivity contribution in [3.63, 3.8) is 0 Å². The molecule has 2 fully saturated rings. The van der Waals surface area contributed by atoms with Gasteiger partial charge in [0.2, 0.25) is 0 Å². The molecule has 1 aromatic heterocycles. The molecule has 1 aromatic carbocycles. The molecule has 0 spiro atoms. The van der Waals surface area contributed by atoms with Crippen molar-refractivity contribution in [2.45, 2.75) is 31.2 Å². The highest BCUT2D eigenvalue weighted by Gasteiger charge is 2.37. The van der Waals surface area contributed by atoms with Crippen molar-refractivity contribution < 1.29 is 9.53 Å². The number of nitrogens with one attached hydrogen (secondary N) is 1. The maximum Gasteiger partial charge on any atom is 0.251 e. The van der Waals surface area contributed by atoms with Gasteiger partial charge in [-0.1, -0.05) is 25.0 Å². The quantitative estimate of drug-likeness (QED) is 0.885. The zero-order valence-electron chi connectivity index (χ0n) is 15.7. The second-order valence-electron chi connectivity index (χ2n) is 7.65. The Kier molecular flexibility index (Phi) is 5.50. The molecule has 1 saturated heterocycles. The summed E-state index contributed by atoms with van der Waals surface area (Å²) in [5.41, 5.74) is 2.72. The molecule has 2 aliphatic rings. The predicted molar refractivity (Wildman–Crippen MR) is 106 cm³/mol. The van der Waals surface area contributed by atoms with Crippen LogP contribution in [0.5, 0.6) is 0 Å². The van der Waals surface area contributed by atoms with E-state index in [1.54, 1.807) is 12.4 Å². The first-order valence-electron chi connectivity index (χ1n) is 9.87. The summed E-state index contributed by atoms with van der Waals surface area (Å²) in [6, 6.07) is 11.8. The lowest BCUT2D eigenvalue weighted by atomic mass is 9.95. The Morgan fingerprint density at radius 2 is 1.81 bits per heavy atom. The third-order valence-corrected chi connectivity index (χ3v) is 5.71. The van der Waals surface area contributed by atoms with Crippen LogP contribution in [0.4, 0.5) is 0 Å². The number of morpholine rings is 1. The van der Waals surface area contributed by atoms with Crippen molar-refractivity contribution in [1.82, 2.24) is 15.2 Å². The molecule has 1 saturated carbocycles. The van der Waals surface area contributed by atoms with E-state index < -0.39 is 0 Å². The molecule has 1 aliphatic carbocycles. The highest BCUT2D eigenvalue weighted by atomic mass is 16.5. The summed E-state index contributed by atoms with van der Waals surface area (Å²) < 4.78 is 5.47. The Morgan fingerprint density at radius 1 is 1.07 bits per heavy atom. The molecule has 1 N–H and O–H groups in total. The van der Waals surface area contributed by atoms with Crippen molar-refractivity contribution in [3.05, 3.63) is 54.4 Å². The van der Waals surface area contributed by atoms with E-state index >= 15 is 0 Å². The minimum atomic E-state index is -0.110. The highest BCUT2D eigenvalue weighted by molar-refractivity contribution is 5.96. The van der Waals surface area contributed by atoms with Crippen LogP contribution in [0.1, 0.15) is 36.0 Å². The molecular weight excluding hydrogens is 338 g/mol. The fraction of sp³-hybridized carbons (Fsp3) is 0.455. The summed E-state index contributed by atoms with van der Waals surface area (Å²) in [6.45, 7) is 4.41. The fourth-order valence-corrected chi connectivity index (χ4v) is 4.26. The number of ether oxygens (including phenoxy) is 1. The molecule has 2 aromatic rings. The van der Waals surface area contributed by atoms with Crippen molar-refractivity contribution in [2.75, 3.05) is 32.8 Å². The first-order valence-corrected chi connectivity index (χ1v) is 9.87. The second-order valence-corrected chi connectivity index (χ2v) is 7.65. The summed E-state index contributed by atoms with van der Waals surface area (Å²) in [4.78, 5) is 19.6. The minimum Gasteiger partial charge on any atom is -0.379 e. The van der Waals surface area contributed by atoms with E-state index in [1.807, 2.05) is 36.4 Å². The lowest BCUT2D eigenvalue weighted by molar-refractivity contribution is 0.0238. The van der Waals surface area contributed by atoms with Crippen LogP contribution >= 0.6 is 0 Å². The molecule has 2 heterocycles. The smallest absolute Gasteiger partial charge is 0.251 e. The van der Waals surface area contributed by atoms with E-state index in [-0.39, 0.29) is 11.4 Å². The van der Waals surface area contributed by atoms with Gasteiger partial charge in [-0.3, -0.25) is 14.7 Å². The van der Waals surface area contributed by atoms with Gasteiger partial charge in [0.1, 0.15) is 0 Å². The van der Waals surface area contributed by atoms with Gasteiger partial charge in [0.25, 0.3) is 5.91 Å². The molecule has 142 valence electrons. The maximum atomic E-state index is 13.1. The van der Waals surface area contributed by atoms with Crippen LogP contribution in [0.3, 0.4) is 0 Å². The van der Waals surface area contributed by atoms with E-state index in [9.17, 15) is 4.79 Å². The summed E-state index contributed by atoms with van der Waals surface area (Å²) in [6.07, 6.45) is 8.03. The van der Waals surface area contributed by atoms with E-state index in [0.29, 0.717) is 0 Å². The number of amides is 1. The predicted octanol–water partition coefficient (Wildman–Crippen LogP) is 3.12. The molecule has 0 bridgehead atoms. The average molecular weight is 365 g/mol. The zero-order chi connectivity index (χ0) is 18.5. The van der Waals surface area contributed by atoms with Gasteiger partial charge in [0.05, 0.1) is 18.8 Å². The number of pyridine rings is 1. The van der Waals surface area contributed by atoms with Crippen LogP contribution in [0.25, 0.3) is 11.1 Å². The number of hydrogen-bond donors (Lipinski definition) is 1. The van der Waals surface area contributed by atoms with Crippen molar-refractivity contribution >= 4 is 5.91 Å². The molecule has 27 heavy (non-hydrogen) atoms. The third-order valence-electron chi connectivity index (χ3n) is 5.71. The number of carbonyl (C=O) groups excluding carboxylic acids is 1. The van der Waals surface area contributed by atoms with Crippen LogP contribution in [0, 0.1) is 0 Å².